The van der Waals surface area contributed by atoms with Crippen molar-refractivity contribution in [3.8, 4) is 0 Å². The molecule has 5 nitrogen and oxygen atoms in total. The summed E-state index contributed by atoms with van der Waals surface area (Å²) in [6.07, 6.45) is 0. The Morgan fingerprint density at radius 3 is 2.72 bits per heavy atom. The number of carbonyl (C=O) groups excluding carboxylic acids is 2. The lowest BCUT2D eigenvalue weighted by atomic mass is 10.2. The van der Waals surface area contributed by atoms with E-state index in [-0.39, 0.29) is 12.3 Å². The molecule has 1 heterocycles. The number of nitrogens with one attached hydrogen (secondary N) is 1. The molecule has 0 unspecified atom stereocenters. The van der Waals surface area contributed by atoms with Gasteiger partial charge in [-0.15, -0.1) is 0 Å². The molecule has 2 aromatic carbocycles. The summed E-state index contributed by atoms with van der Waals surface area (Å²) in [4.78, 5) is 28.1. The number of hydrogen-bond donors (Lipinski definition) is 1. The molecule has 0 atom stereocenters. The average molecular weight is 355 g/mol. The highest BCUT2D eigenvalue weighted by Gasteiger charge is 2.12. The van der Waals surface area contributed by atoms with E-state index in [2.05, 4.69) is 10.3 Å². The Bertz CT molecular complexity index is 927. The van der Waals surface area contributed by atoms with E-state index in [1.165, 1.54) is 0 Å². The highest BCUT2D eigenvalue weighted by Crippen LogP contribution is 2.12. The fourth-order valence-electron chi connectivity index (χ4n) is 2.28. The SMILES string of the molecule is O=C(COC(=O)c1ccc2ccccc2n1)NCc1cccc(Cl)c1. The van der Waals surface area contributed by atoms with Gasteiger partial charge in [0, 0.05) is 17.0 Å². The summed E-state index contributed by atoms with van der Waals surface area (Å²) in [5, 5.41) is 4.19. The number of rotatable bonds is 5. The second-order valence-electron chi connectivity index (χ2n) is 5.37. The van der Waals surface area contributed by atoms with E-state index in [9.17, 15) is 9.59 Å². The number of pyridine rings is 1. The molecule has 126 valence electrons. The van der Waals surface area contributed by atoms with Crippen LogP contribution in [0.2, 0.25) is 5.02 Å². The number of hydrogen-bond acceptors (Lipinski definition) is 4. The monoisotopic (exact) mass is 354 g/mol. The molecule has 0 fully saturated rings. The zero-order chi connectivity index (χ0) is 17.6. The largest absolute Gasteiger partial charge is 0.451 e. The highest BCUT2D eigenvalue weighted by molar-refractivity contribution is 6.30. The van der Waals surface area contributed by atoms with Gasteiger partial charge in [-0.05, 0) is 29.8 Å². The van der Waals surface area contributed by atoms with Crippen LogP contribution in [0.15, 0.2) is 60.7 Å². The summed E-state index contributed by atoms with van der Waals surface area (Å²) < 4.78 is 5.01. The molecule has 25 heavy (non-hydrogen) atoms. The number of halogens is 1. The van der Waals surface area contributed by atoms with Gasteiger partial charge in [-0.3, -0.25) is 4.79 Å². The quantitative estimate of drug-likeness (QED) is 0.713. The summed E-state index contributed by atoms with van der Waals surface area (Å²) in [5.74, 6) is -1.03. The summed E-state index contributed by atoms with van der Waals surface area (Å²) in [5.41, 5.74) is 1.73. The van der Waals surface area contributed by atoms with Gasteiger partial charge in [0.1, 0.15) is 5.69 Å². The number of benzene rings is 2. The third kappa shape index (κ3) is 4.55. The number of aromatic nitrogens is 1. The zero-order valence-electron chi connectivity index (χ0n) is 13.2. The average Bonchev–Trinajstić information content (AvgIpc) is 2.64. The van der Waals surface area contributed by atoms with E-state index < -0.39 is 11.9 Å². The fraction of sp³-hybridized carbons (Fsp3) is 0.105. The Hall–Kier alpha value is -2.92. The Labute approximate surface area is 149 Å². The predicted molar refractivity (Wildman–Crippen MR) is 95.3 cm³/mol. The molecular weight excluding hydrogens is 340 g/mol. The van der Waals surface area contributed by atoms with Gasteiger partial charge in [-0.25, -0.2) is 9.78 Å². The van der Waals surface area contributed by atoms with Gasteiger partial charge in [0.05, 0.1) is 5.52 Å². The van der Waals surface area contributed by atoms with Crippen LogP contribution in [0, 0.1) is 0 Å². The third-order valence-corrected chi connectivity index (χ3v) is 3.76. The van der Waals surface area contributed by atoms with E-state index in [0.29, 0.717) is 17.1 Å². The number of amides is 1. The predicted octanol–water partition coefficient (Wildman–Crippen LogP) is 3.36. The number of para-hydroxylation sites is 1. The minimum Gasteiger partial charge on any atom is -0.451 e. The smallest absolute Gasteiger partial charge is 0.357 e. The molecule has 0 aliphatic heterocycles. The van der Waals surface area contributed by atoms with E-state index in [0.717, 1.165) is 10.9 Å². The second-order valence-corrected chi connectivity index (χ2v) is 5.81. The van der Waals surface area contributed by atoms with Crippen molar-refractivity contribution in [1.82, 2.24) is 10.3 Å². The zero-order valence-corrected chi connectivity index (χ0v) is 14.0. The molecule has 0 saturated heterocycles. The number of nitrogens with zero attached hydrogens (tertiary/aromatic N) is 1. The van der Waals surface area contributed by atoms with Gasteiger partial charge in [0.25, 0.3) is 5.91 Å². The van der Waals surface area contributed by atoms with Crippen LogP contribution in [-0.2, 0) is 16.1 Å². The van der Waals surface area contributed by atoms with Crippen molar-refractivity contribution in [2.24, 2.45) is 0 Å². The number of ether oxygens (including phenoxy) is 1. The van der Waals surface area contributed by atoms with Crippen molar-refractivity contribution in [3.63, 3.8) is 0 Å². The first-order valence-corrected chi connectivity index (χ1v) is 8.04. The van der Waals surface area contributed by atoms with Gasteiger partial charge in [0.15, 0.2) is 6.61 Å². The molecule has 1 aromatic heterocycles. The molecule has 3 rings (SSSR count). The van der Waals surface area contributed by atoms with Crippen LogP contribution in [0.25, 0.3) is 10.9 Å². The number of fused-ring (bicyclic) bond motifs is 1. The van der Waals surface area contributed by atoms with E-state index in [1.807, 2.05) is 30.3 Å². The van der Waals surface area contributed by atoms with Gasteiger partial charge in [-0.1, -0.05) is 48.0 Å². The lowest BCUT2D eigenvalue weighted by Gasteiger charge is -2.07. The van der Waals surface area contributed by atoms with E-state index >= 15 is 0 Å². The van der Waals surface area contributed by atoms with E-state index in [1.54, 1.807) is 30.3 Å². The normalized spacial score (nSPS) is 10.4. The van der Waals surface area contributed by atoms with Crippen LogP contribution in [0.5, 0.6) is 0 Å². The summed E-state index contributed by atoms with van der Waals surface area (Å²) in [6, 6.07) is 18.0. The molecule has 0 radical (unpaired) electrons. The van der Waals surface area contributed by atoms with Gasteiger partial charge < -0.3 is 10.1 Å². The van der Waals surface area contributed by atoms with Crippen LogP contribution < -0.4 is 5.32 Å². The van der Waals surface area contributed by atoms with Crippen LogP contribution in [-0.4, -0.2) is 23.5 Å². The van der Waals surface area contributed by atoms with Crippen LogP contribution >= 0.6 is 11.6 Å². The summed E-state index contributed by atoms with van der Waals surface area (Å²) in [6.45, 7) is -0.0565. The molecule has 0 aliphatic carbocycles. The Morgan fingerprint density at radius 2 is 1.88 bits per heavy atom. The van der Waals surface area contributed by atoms with E-state index in [4.69, 9.17) is 16.3 Å². The van der Waals surface area contributed by atoms with Crippen molar-refractivity contribution in [2.45, 2.75) is 6.54 Å². The Morgan fingerprint density at radius 1 is 1.04 bits per heavy atom. The Kier molecular flexibility index (Phi) is 5.26. The maximum atomic E-state index is 12.0. The maximum absolute atomic E-state index is 12.0. The molecule has 0 bridgehead atoms. The highest BCUT2D eigenvalue weighted by atomic mass is 35.5. The van der Waals surface area contributed by atoms with Crippen molar-refractivity contribution in [2.75, 3.05) is 6.61 Å². The van der Waals surface area contributed by atoms with Crippen molar-refractivity contribution < 1.29 is 14.3 Å². The number of esters is 1. The lowest BCUT2D eigenvalue weighted by Crippen LogP contribution is -2.28. The van der Waals surface area contributed by atoms with Gasteiger partial charge in [-0.2, -0.15) is 0 Å². The molecule has 0 saturated carbocycles. The molecule has 0 spiro atoms. The van der Waals surface area contributed by atoms with Crippen LogP contribution in [0.4, 0.5) is 0 Å². The van der Waals surface area contributed by atoms with Crippen LogP contribution in [0.3, 0.4) is 0 Å². The summed E-state index contributed by atoms with van der Waals surface area (Å²) in [7, 11) is 0. The molecule has 1 amide bonds. The summed E-state index contributed by atoms with van der Waals surface area (Å²) >= 11 is 5.88. The van der Waals surface area contributed by atoms with Crippen LogP contribution in [0.1, 0.15) is 16.1 Å². The molecule has 6 heteroatoms. The number of carbonyl (C=O) groups is 2. The topological polar surface area (TPSA) is 68.3 Å². The van der Waals surface area contributed by atoms with Crippen molar-refractivity contribution >= 4 is 34.4 Å². The first kappa shape index (κ1) is 16.9. The van der Waals surface area contributed by atoms with Gasteiger partial charge >= 0.3 is 5.97 Å². The van der Waals surface area contributed by atoms with Gasteiger partial charge in [0.2, 0.25) is 0 Å². The minimum absolute atomic E-state index is 0.168. The standard InChI is InChI=1S/C19H15ClN2O3/c20-15-6-3-4-13(10-15)11-21-18(23)12-25-19(24)17-9-8-14-5-1-2-7-16(14)22-17/h1-10H,11-12H2,(H,21,23). The maximum Gasteiger partial charge on any atom is 0.357 e. The Balaban J connectivity index is 1.53. The lowest BCUT2D eigenvalue weighted by molar-refractivity contribution is -0.124. The molecule has 3 aromatic rings. The molecule has 1 N–H and O–H groups in total. The first-order valence-electron chi connectivity index (χ1n) is 7.66. The minimum atomic E-state index is -0.636. The molecule has 0 aliphatic rings. The second kappa shape index (κ2) is 7.77. The van der Waals surface area contributed by atoms with Crippen molar-refractivity contribution in [3.05, 3.63) is 76.9 Å². The fourth-order valence-corrected chi connectivity index (χ4v) is 2.50. The third-order valence-electron chi connectivity index (χ3n) is 3.52. The first-order chi connectivity index (χ1) is 12.1. The molecular formula is C19H15ClN2O3. The van der Waals surface area contributed by atoms with Crippen molar-refractivity contribution in [1.29, 1.82) is 0 Å².